The van der Waals surface area contributed by atoms with Crippen LogP contribution in [0.5, 0.6) is 0 Å². The first kappa shape index (κ1) is 24.3. The van der Waals surface area contributed by atoms with Gasteiger partial charge in [-0.25, -0.2) is 0 Å². The van der Waals surface area contributed by atoms with Crippen molar-refractivity contribution in [3.05, 3.63) is 108 Å². The minimum atomic E-state index is -0.771. The number of benzene rings is 3. The highest BCUT2D eigenvalue weighted by molar-refractivity contribution is 5.98. The molecule has 3 aromatic carbocycles. The third-order valence-corrected chi connectivity index (χ3v) is 7.88. The van der Waals surface area contributed by atoms with Gasteiger partial charge >= 0.3 is 0 Å². The first-order valence-electron chi connectivity index (χ1n) is 13.1. The van der Waals surface area contributed by atoms with Crippen molar-refractivity contribution in [3.63, 3.8) is 0 Å². The fourth-order valence-electron chi connectivity index (χ4n) is 5.81. The molecule has 186 valence electrons. The molecule has 0 aliphatic carbocycles. The van der Waals surface area contributed by atoms with Crippen LogP contribution in [0.3, 0.4) is 0 Å². The van der Waals surface area contributed by atoms with Crippen molar-refractivity contribution in [2.75, 3.05) is 32.7 Å². The molecule has 5 nitrogen and oxygen atoms in total. The number of rotatable bonds is 8. The van der Waals surface area contributed by atoms with Crippen LogP contribution in [0, 0.1) is 0 Å². The monoisotopic (exact) mass is 481 g/mol. The molecule has 2 aliphatic rings. The van der Waals surface area contributed by atoms with Crippen molar-refractivity contribution in [1.82, 2.24) is 15.1 Å². The molecule has 2 saturated heterocycles. The number of aryl methyl sites for hydroxylation is 1. The molecule has 5 heteroatoms. The van der Waals surface area contributed by atoms with Crippen LogP contribution < -0.4 is 5.32 Å². The maximum Gasteiger partial charge on any atom is 0.246 e. The first-order chi connectivity index (χ1) is 17.7. The van der Waals surface area contributed by atoms with Gasteiger partial charge in [-0.2, -0.15) is 0 Å². The number of nitrogens with zero attached hydrogens (tertiary/aromatic N) is 2. The maximum absolute atomic E-state index is 13.4. The molecule has 0 saturated carbocycles. The molecular weight excluding hydrogens is 446 g/mol. The zero-order valence-electron chi connectivity index (χ0n) is 20.8. The predicted octanol–water partition coefficient (Wildman–Crippen LogP) is 4.24. The number of piperidine rings is 1. The van der Waals surface area contributed by atoms with Gasteiger partial charge in [0.05, 0.1) is 6.54 Å². The van der Waals surface area contributed by atoms with Gasteiger partial charge in [0.1, 0.15) is 5.54 Å². The van der Waals surface area contributed by atoms with E-state index >= 15 is 0 Å². The average Bonchev–Trinajstić information content (AvgIpc) is 2.94. The zero-order valence-corrected chi connectivity index (χ0v) is 20.8. The normalized spacial score (nSPS) is 18.0. The van der Waals surface area contributed by atoms with Gasteiger partial charge in [0.2, 0.25) is 11.8 Å². The second-order valence-corrected chi connectivity index (χ2v) is 10.0. The van der Waals surface area contributed by atoms with Crippen LogP contribution in [-0.2, 0) is 16.0 Å². The molecule has 5 rings (SSSR count). The van der Waals surface area contributed by atoms with Crippen LogP contribution in [0.2, 0.25) is 0 Å². The molecule has 1 spiro atoms. The van der Waals surface area contributed by atoms with Crippen LogP contribution in [0.15, 0.2) is 91.0 Å². The summed E-state index contributed by atoms with van der Waals surface area (Å²) in [6.07, 6.45) is 3.50. The number of hydrogen-bond acceptors (Lipinski definition) is 3. The molecule has 0 aromatic heterocycles. The van der Waals surface area contributed by atoms with Gasteiger partial charge in [0, 0.05) is 25.6 Å². The van der Waals surface area contributed by atoms with Gasteiger partial charge in [0.25, 0.3) is 0 Å². The van der Waals surface area contributed by atoms with E-state index in [2.05, 4.69) is 64.8 Å². The van der Waals surface area contributed by atoms with E-state index in [1.807, 2.05) is 41.3 Å². The van der Waals surface area contributed by atoms with E-state index in [9.17, 15) is 9.59 Å². The predicted molar refractivity (Wildman–Crippen MR) is 143 cm³/mol. The smallest absolute Gasteiger partial charge is 0.246 e. The van der Waals surface area contributed by atoms with E-state index in [4.69, 9.17) is 0 Å². The minimum absolute atomic E-state index is 0.00547. The second kappa shape index (κ2) is 11.1. The Hall–Kier alpha value is -3.44. The van der Waals surface area contributed by atoms with E-state index in [1.54, 1.807) is 0 Å². The first-order valence-corrected chi connectivity index (χ1v) is 13.1. The van der Waals surface area contributed by atoms with E-state index in [-0.39, 0.29) is 24.3 Å². The summed E-state index contributed by atoms with van der Waals surface area (Å²) in [5.41, 5.74) is 2.92. The van der Waals surface area contributed by atoms with E-state index < -0.39 is 5.54 Å². The highest BCUT2D eigenvalue weighted by atomic mass is 16.2. The van der Waals surface area contributed by atoms with Gasteiger partial charge < -0.3 is 15.1 Å². The Kier molecular flexibility index (Phi) is 7.47. The molecule has 2 fully saturated rings. The Labute approximate surface area is 214 Å². The molecule has 2 amide bonds. The van der Waals surface area contributed by atoms with Crippen molar-refractivity contribution >= 4 is 11.8 Å². The van der Waals surface area contributed by atoms with Crippen molar-refractivity contribution in [2.45, 2.75) is 37.1 Å². The molecule has 1 N–H and O–H groups in total. The van der Waals surface area contributed by atoms with Crippen molar-refractivity contribution in [2.24, 2.45) is 0 Å². The number of carbonyl (C=O) groups excluding carboxylic acids is 2. The molecule has 3 aromatic rings. The maximum atomic E-state index is 13.4. The Morgan fingerprint density at radius 3 is 1.92 bits per heavy atom. The van der Waals surface area contributed by atoms with Crippen LogP contribution in [0.25, 0.3) is 0 Å². The number of amides is 2. The molecular formula is C31H35N3O2. The van der Waals surface area contributed by atoms with Gasteiger partial charge in [-0.15, -0.1) is 0 Å². The van der Waals surface area contributed by atoms with Crippen LogP contribution in [0.1, 0.15) is 41.9 Å². The van der Waals surface area contributed by atoms with Gasteiger partial charge in [-0.05, 0) is 48.9 Å². The van der Waals surface area contributed by atoms with E-state index in [0.717, 1.165) is 43.6 Å². The summed E-state index contributed by atoms with van der Waals surface area (Å²) >= 11 is 0. The molecule has 0 unspecified atom stereocenters. The quantitative estimate of drug-likeness (QED) is 0.524. The van der Waals surface area contributed by atoms with Gasteiger partial charge in [0.15, 0.2) is 0 Å². The van der Waals surface area contributed by atoms with Crippen LogP contribution in [-0.4, -0.2) is 59.9 Å². The SMILES string of the molecule is O=C1CNC(=O)C2(CCN(CCCc3ccccc3)CC2)N1CC(c1ccccc1)c1ccccc1. The summed E-state index contributed by atoms with van der Waals surface area (Å²) in [4.78, 5) is 31.0. The summed E-state index contributed by atoms with van der Waals surface area (Å²) < 4.78 is 0. The van der Waals surface area contributed by atoms with Crippen molar-refractivity contribution in [3.8, 4) is 0 Å². The average molecular weight is 482 g/mol. The Morgan fingerprint density at radius 2 is 1.33 bits per heavy atom. The van der Waals surface area contributed by atoms with Crippen LogP contribution >= 0.6 is 0 Å². The van der Waals surface area contributed by atoms with Crippen molar-refractivity contribution < 1.29 is 9.59 Å². The van der Waals surface area contributed by atoms with E-state index in [0.29, 0.717) is 19.4 Å². The Bertz CT molecular complexity index is 1100. The Balaban J connectivity index is 1.31. The number of likely N-dealkylation sites (tertiary alicyclic amines) is 1. The zero-order chi connectivity index (χ0) is 24.8. The third kappa shape index (κ3) is 5.21. The molecule has 0 atom stereocenters. The topological polar surface area (TPSA) is 52.7 Å². The fourth-order valence-corrected chi connectivity index (χ4v) is 5.81. The standard InChI is InChI=1S/C31H35N3O2/c35-29-23-32-30(36)31(18-21-33(22-19-31)20-10-13-25-11-4-1-5-12-25)34(29)24-28(26-14-6-2-7-15-26)27-16-8-3-9-17-27/h1-9,11-12,14-17,28H,10,13,18-24H2,(H,32,36). The summed E-state index contributed by atoms with van der Waals surface area (Å²) in [5.74, 6) is 0.0397. The molecule has 2 aliphatic heterocycles. The Morgan fingerprint density at radius 1 is 0.778 bits per heavy atom. The summed E-state index contributed by atoms with van der Waals surface area (Å²) in [6.45, 7) is 3.25. The van der Waals surface area contributed by atoms with E-state index in [1.165, 1.54) is 5.56 Å². The molecule has 2 heterocycles. The molecule has 0 radical (unpaired) electrons. The number of hydrogen-bond donors (Lipinski definition) is 1. The van der Waals surface area contributed by atoms with Crippen molar-refractivity contribution in [1.29, 1.82) is 0 Å². The minimum Gasteiger partial charge on any atom is -0.345 e. The molecule has 36 heavy (non-hydrogen) atoms. The van der Waals surface area contributed by atoms with Gasteiger partial charge in [-0.3, -0.25) is 9.59 Å². The lowest BCUT2D eigenvalue weighted by atomic mass is 9.81. The highest BCUT2D eigenvalue weighted by Gasteiger charge is 2.51. The highest BCUT2D eigenvalue weighted by Crippen LogP contribution is 2.35. The molecule has 0 bridgehead atoms. The second-order valence-electron chi connectivity index (χ2n) is 10.0. The lowest BCUT2D eigenvalue weighted by Gasteiger charge is -2.50. The largest absolute Gasteiger partial charge is 0.345 e. The van der Waals surface area contributed by atoms with Crippen LogP contribution in [0.4, 0.5) is 0 Å². The number of piperazine rings is 1. The van der Waals surface area contributed by atoms with Gasteiger partial charge in [-0.1, -0.05) is 91.0 Å². The lowest BCUT2D eigenvalue weighted by molar-refractivity contribution is -0.157. The fraction of sp³-hybridized carbons (Fsp3) is 0.355. The summed E-state index contributed by atoms with van der Waals surface area (Å²) in [5, 5.41) is 2.91. The third-order valence-electron chi connectivity index (χ3n) is 7.88. The summed E-state index contributed by atoms with van der Waals surface area (Å²) in [6, 6.07) is 31.3. The lowest BCUT2D eigenvalue weighted by Crippen LogP contribution is -2.70. The summed E-state index contributed by atoms with van der Waals surface area (Å²) in [7, 11) is 0. The number of nitrogens with one attached hydrogen (secondary N) is 1. The number of carbonyl (C=O) groups is 2.